The lowest BCUT2D eigenvalue weighted by Crippen LogP contribution is -2.29. The first-order valence-corrected chi connectivity index (χ1v) is 8.25. The topological polar surface area (TPSA) is 29.1 Å². The summed E-state index contributed by atoms with van der Waals surface area (Å²) in [5.74, 6) is -12.2. The maximum absolute atomic E-state index is 13.7. The van der Waals surface area contributed by atoms with Crippen LogP contribution in [0.1, 0.15) is 52.9 Å². The Morgan fingerprint density at radius 3 is 2.04 bits per heavy atom. The molecule has 7 heteroatoms. The molecule has 0 spiro atoms. The summed E-state index contributed by atoms with van der Waals surface area (Å²) >= 11 is 0. The Hall–Kier alpha value is -2.44. The highest BCUT2D eigenvalue weighted by molar-refractivity contribution is 5.95. The van der Waals surface area contributed by atoms with E-state index in [1.807, 2.05) is 12.1 Å². The third-order valence-electron chi connectivity index (χ3n) is 4.66. The van der Waals surface area contributed by atoms with Crippen molar-refractivity contribution in [1.82, 2.24) is 5.32 Å². The molecule has 2 aromatic carbocycles. The van der Waals surface area contributed by atoms with E-state index in [0.717, 1.165) is 31.2 Å². The largest absolute Gasteiger partial charge is 0.345 e. The molecule has 3 rings (SSSR count). The van der Waals surface area contributed by atoms with Gasteiger partial charge in [0.2, 0.25) is 5.82 Å². The van der Waals surface area contributed by atoms with Crippen LogP contribution in [0.5, 0.6) is 0 Å². The van der Waals surface area contributed by atoms with Crippen LogP contribution in [-0.4, -0.2) is 5.91 Å². The fourth-order valence-electron chi connectivity index (χ4n) is 3.18. The third kappa shape index (κ3) is 3.18. The zero-order chi connectivity index (χ0) is 19.0. The SMILES string of the molecule is C[C@H](NC(=O)c1c(F)c(F)c(F)c(F)c1F)c1ccc2c(c1)CCCC2. The summed E-state index contributed by atoms with van der Waals surface area (Å²) in [5.41, 5.74) is 1.58. The average molecular weight is 369 g/mol. The number of aryl methyl sites for hydroxylation is 2. The monoisotopic (exact) mass is 369 g/mol. The van der Waals surface area contributed by atoms with Crippen molar-refractivity contribution in [2.75, 3.05) is 0 Å². The number of carbonyl (C=O) groups is 1. The van der Waals surface area contributed by atoms with Crippen molar-refractivity contribution in [2.45, 2.75) is 38.6 Å². The van der Waals surface area contributed by atoms with Crippen LogP contribution in [-0.2, 0) is 12.8 Å². The lowest BCUT2D eigenvalue weighted by molar-refractivity contribution is 0.0928. The molecular formula is C19H16F5NO. The Kier molecular flexibility index (Phi) is 4.98. The summed E-state index contributed by atoms with van der Waals surface area (Å²) in [6.07, 6.45) is 4.04. The molecular weight excluding hydrogens is 353 g/mol. The molecule has 1 amide bonds. The molecule has 0 aliphatic heterocycles. The number of halogens is 5. The molecule has 0 fully saturated rings. The fraction of sp³-hybridized carbons (Fsp3) is 0.316. The summed E-state index contributed by atoms with van der Waals surface area (Å²) < 4.78 is 67.1. The minimum absolute atomic E-state index is 0.662. The first kappa shape index (κ1) is 18.4. The van der Waals surface area contributed by atoms with Crippen LogP contribution in [0.15, 0.2) is 18.2 Å². The Morgan fingerprint density at radius 2 is 1.42 bits per heavy atom. The number of nitrogens with one attached hydrogen (secondary N) is 1. The first-order chi connectivity index (χ1) is 12.3. The van der Waals surface area contributed by atoms with E-state index in [4.69, 9.17) is 0 Å². The maximum atomic E-state index is 13.7. The molecule has 2 aromatic rings. The van der Waals surface area contributed by atoms with E-state index >= 15 is 0 Å². The summed E-state index contributed by atoms with van der Waals surface area (Å²) in [7, 11) is 0. The van der Waals surface area contributed by atoms with Gasteiger partial charge in [0, 0.05) is 0 Å². The molecule has 0 radical (unpaired) electrons. The molecule has 0 saturated heterocycles. The number of hydrogen-bond donors (Lipinski definition) is 1. The van der Waals surface area contributed by atoms with E-state index in [0.29, 0.717) is 5.56 Å². The van der Waals surface area contributed by atoms with Gasteiger partial charge in [-0.1, -0.05) is 18.2 Å². The van der Waals surface area contributed by atoms with Crippen LogP contribution in [0.25, 0.3) is 0 Å². The molecule has 1 N–H and O–H groups in total. The van der Waals surface area contributed by atoms with Gasteiger partial charge in [0.1, 0.15) is 5.56 Å². The van der Waals surface area contributed by atoms with Crippen LogP contribution >= 0.6 is 0 Å². The quantitative estimate of drug-likeness (QED) is 0.472. The molecule has 0 bridgehead atoms. The summed E-state index contributed by atoms with van der Waals surface area (Å²) in [5, 5.41) is 2.30. The van der Waals surface area contributed by atoms with Gasteiger partial charge >= 0.3 is 0 Å². The minimum atomic E-state index is -2.29. The van der Waals surface area contributed by atoms with E-state index in [-0.39, 0.29) is 0 Å². The number of benzene rings is 2. The molecule has 0 unspecified atom stereocenters. The third-order valence-corrected chi connectivity index (χ3v) is 4.66. The van der Waals surface area contributed by atoms with Gasteiger partial charge in [-0.15, -0.1) is 0 Å². The van der Waals surface area contributed by atoms with Gasteiger partial charge in [0.25, 0.3) is 5.91 Å². The zero-order valence-corrected chi connectivity index (χ0v) is 13.9. The van der Waals surface area contributed by atoms with Gasteiger partial charge in [-0.05, 0) is 49.3 Å². The van der Waals surface area contributed by atoms with Gasteiger partial charge in [0.15, 0.2) is 23.3 Å². The normalized spacial score (nSPS) is 14.7. The number of fused-ring (bicyclic) bond motifs is 1. The fourth-order valence-corrected chi connectivity index (χ4v) is 3.18. The zero-order valence-electron chi connectivity index (χ0n) is 13.9. The Balaban J connectivity index is 1.87. The van der Waals surface area contributed by atoms with Gasteiger partial charge in [0.05, 0.1) is 6.04 Å². The van der Waals surface area contributed by atoms with E-state index in [1.54, 1.807) is 13.0 Å². The van der Waals surface area contributed by atoms with Crippen molar-refractivity contribution in [1.29, 1.82) is 0 Å². The minimum Gasteiger partial charge on any atom is -0.345 e. The molecule has 1 aliphatic carbocycles. The first-order valence-electron chi connectivity index (χ1n) is 8.25. The van der Waals surface area contributed by atoms with Crippen molar-refractivity contribution in [3.05, 3.63) is 69.5 Å². The van der Waals surface area contributed by atoms with E-state index in [1.165, 1.54) is 5.56 Å². The van der Waals surface area contributed by atoms with Crippen molar-refractivity contribution >= 4 is 5.91 Å². The summed E-state index contributed by atoms with van der Waals surface area (Å²) in [6, 6.07) is 4.96. The molecule has 0 saturated carbocycles. The van der Waals surface area contributed by atoms with Crippen molar-refractivity contribution in [3.8, 4) is 0 Å². The van der Waals surface area contributed by atoms with Crippen LogP contribution in [0.4, 0.5) is 22.0 Å². The number of amides is 1. The van der Waals surface area contributed by atoms with Gasteiger partial charge in [-0.3, -0.25) is 4.79 Å². The summed E-state index contributed by atoms with van der Waals surface area (Å²) in [6.45, 7) is 1.58. The van der Waals surface area contributed by atoms with Crippen molar-refractivity contribution in [3.63, 3.8) is 0 Å². The van der Waals surface area contributed by atoms with Crippen LogP contribution in [0.3, 0.4) is 0 Å². The van der Waals surface area contributed by atoms with E-state index in [2.05, 4.69) is 5.32 Å². The van der Waals surface area contributed by atoms with E-state index in [9.17, 15) is 26.7 Å². The highest BCUT2D eigenvalue weighted by atomic mass is 19.2. The Morgan fingerprint density at radius 1 is 0.885 bits per heavy atom. The van der Waals surface area contributed by atoms with Crippen LogP contribution in [0, 0.1) is 29.1 Å². The Labute approximate surface area is 147 Å². The molecule has 0 heterocycles. The molecule has 138 valence electrons. The average Bonchev–Trinajstić information content (AvgIpc) is 2.64. The smallest absolute Gasteiger partial charge is 0.257 e. The number of carbonyl (C=O) groups excluding carboxylic acids is 1. The molecule has 2 nitrogen and oxygen atoms in total. The molecule has 0 aromatic heterocycles. The predicted molar refractivity (Wildman–Crippen MR) is 85.2 cm³/mol. The summed E-state index contributed by atoms with van der Waals surface area (Å²) in [4.78, 5) is 12.1. The Bertz CT molecular complexity index is 852. The number of rotatable bonds is 3. The van der Waals surface area contributed by atoms with Gasteiger partial charge in [-0.25, -0.2) is 22.0 Å². The van der Waals surface area contributed by atoms with Crippen LogP contribution < -0.4 is 5.32 Å². The lowest BCUT2D eigenvalue weighted by Gasteiger charge is -2.20. The lowest BCUT2D eigenvalue weighted by atomic mass is 9.89. The highest BCUT2D eigenvalue weighted by Gasteiger charge is 2.30. The second-order valence-corrected chi connectivity index (χ2v) is 6.38. The highest BCUT2D eigenvalue weighted by Crippen LogP contribution is 2.26. The van der Waals surface area contributed by atoms with Crippen LogP contribution in [0.2, 0.25) is 0 Å². The second kappa shape index (κ2) is 7.05. The van der Waals surface area contributed by atoms with Gasteiger partial charge < -0.3 is 5.32 Å². The standard InChI is InChI=1S/C19H16F5NO/c1-9(11-7-6-10-4-2-3-5-12(10)8-11)25-19(26)13-14(20)16(22)18(24)17(23)15(13)21/h6-9H,2-5H2,1H3,(H,25,26)/t9-/m0/s1. The molecule has 1 aliphatic rings. The molecule has 1 atom stereocenters. The molecule has 26 heavy (non-hydrogen) atoms. The second-order valence-electron chi connectivity index (χ2n) is 6.38. The maximum Gasteiger partial charge on any atom is 0.257 e. The van der Waals surface area contributed by atoms with E-state index < -0.39 is 46.6 Å². The predicted octanol–water partition coefficient (Wildman–Crippen LogP) is 4.75. The van der Waals surface area contributed by atoms with Crippen molar-refractivity contribution < 1.29 is 26.7 Å². The van der Waals surface area contributed by atoms with Crippen molar-refractivity contribution in [2.24, 2.45) is 0 Å². The van der Waals surface area contributed by atoms with Gasteiger partial charge in [-0.2, -0.15) is 0 Å². The number of hydrogen-bond acceptors (Lipinski definition) is 1.